The van der Waals surface area contributed by atoms with Crippen molar-refractivity contribution in [2.45, 2.75) is 0 Å². The number of fused-ring (bicyclic) bond motifs is 3. The van der Waals surface area contributed by atoms with Crippen LogP contribution in [0.2, 0.25) is 0 Å². The van der Waals surface area contributed by atoms with Gasteiger partial charge in [-0.15, -0.1) is 0 Å². The average Bonchev–Trinajstić information content (AvgIpc) is 3.53. The second kappa shape index (κ2) is 12.8. The van der Waals surface area contributed by atoms with Gasteiger partial charge in [0.25, 0.3) is 0 Å². The molecule has 0 aliphatic carbocycles. The second-order valence-corrected chi connectivity index (χ2v) is 12.7. The van der Waals surface area contributed by atoms with E-state index in [1.54, 1.807) is 0 Å². The van der Waals surface area contributed by atoms with Crippen LogP contribution in [0.4, 0.5) is 11.4 Å². The maximum absolute atomic E-state index is 3.65. The van der Waals surface area contributed by atoms with E-state index in [0.29, 0.717) is 0 Å². The van der Waals surface area contributed by atoms with Crippen LogP contribution in [0.5, 0.6) is 0 Å². The summed E-state index contributed by atoms with van der Waals surface area (Å²) in [4.78, 5) is 0. The van der Waals surface area contributed by atoms with E-state index in [0.717, 1.165) is 17.1 Å². The molecule has 9 aromatic rings. The summed E-state index contributed by atoms with van der Waals surface area (Å²) in [5.74, 6) is 0. The van der Waals surface area contributed by atoms with Gasteiger partial charge in [0.2, 0.25) is 0 Å². The Kier molecular flexibility index (Phi) is 7.53. The number of benzene rings is 8. The van der Waals surface area contributed by atoms with E-state index in [4.69, 9.17) is 0 Å². The predicted octanol–water partition coefficient (Wildman–Crippen LogP) is 13.2. The molecule has 2 heteroatoms. The lowest BCUT2D eigenvalue weighted by molar-refractivity contribution is 1.18. The Balaban J connectivity index is 1.14. The van der Waals surface area contributed by atoms with E-state index >= 15 is 0 Å². The molecule has 2 nitrogen and oxygen atoms in total. The molecule has 0 aliphatic rings. The van der Waals surface area contributed by atoms with Gasteiger partial charge in [-0.2, -0.15) is 0 Å². The molecule has 1 aromatic heterocycles. The van der Waals surface area contributed by atoms with Crippen molar-refractivity contribution >= 4 is 33.2 Å². The highest BCUT2D eigenvalue weighted by atomic mass is 15.0. The summed E-state index contributed by atoms with van der Waals surface area (Å²) in [6.07, 6.45) is 0. The van der Waals surface area contributed by atoms with E-state index in [2.05, 4.69) is 204 Å². The Morgan fingerprint density at radius 1 is 0.320 bits per heavy atom. The van der Waals surface area contributed by atoms with Crippen LogP contribution < -0.4 is 5.32 Å². The molecule has 0 aliphatic heterocycles. The highest BCUT2D eigenvalue weighted by molar-refractivity contribution is 6.10. The molecule has 0 unspecified atom stereocenters. The van der Waals surface area contributed by atoms with Gasteiger partial charge in [-0.25, -0.2) is 0 Å². The largest absolute Gasteiger partial charge is 0.355 e. The van der Waals surface area contributed by atoms with Crippen LogP contribution in [0.15, 0.2) is 200 Å². The first-order valence-electron chi connectivity index (χ1n) is 17.1. The van der Waals surface area contributed by atoms with Crippen LogP contribution in [-0.4, -0.2) is 4.57 Å². The lowest BCUT2D eigenvalue weighted by atomic mass is 9.96. The molecular weight excluding hydrogens is 605 g/mol. The van der Waals surface area contributed by atoms with Crippen molar-refractivity contribution < 1.29 is 0 Å². The van der Waals surface area contributed by atoms with Gasteiger partial charge in [0.1, 0.15) is 0 Å². The van der Waals surface area contributed by atoms with Crippen LogP contribution in [0, 0.1) is 0 Å². The van der Waals surface area contributed by atoms with Gasteiger partial charge >= 0.3 is 0 Å². The molecule has 236 valence electrons. The van der Waals surface area contributed by atoms with Crippen molar-refractivity contribution in [1.82, 2.24) is 4.57 Å². The second-order valence-electron chi connectivity index (χ2n) is 12.7. The maximum atomic E-state index is 3.65. The molecule has 0 saturated carbocycles. The number of nitrogens with zero attached hydrogens (tertiary/aromatic N) is 1. The minimum Gasteiger partial charge on any atom is -0.355 e. The maximum Gasteiger partial charge on any atom is 0.0541 e. The third kappa shape index (κ3) is 5.53. The fourth-order valence-electron chi connectivity index (χ4n) is 7.13. The number of aromatic nitrogens is 1. The van der Waals surface area contributed by atoms with E-state index in [1.165, 1.54) is 66.3 Å². The zero-order chi connectivity index (χ0) is 33.3. The Morgan fingerprint density at radius 3 is 1.64 bits per heavy atom. The first kappa shape index (κ1) is 29.5. The van der Waals surface area contributed by atoms with Crippen LogP contribution in [-0.2, 0) is 0 Å². The standard InChI is InChI=1S/C48H34N2/c1-4-14-34(15-5-1)36-18-12-19-37(30-36)38-20-13-23-42(31-38)50-47-25-11-10-24-43(47)45-33-40(27-29-48(45)50)39-26-28-46(49-41-21-8-3-9-22-41)44(32-39)35-16-6-2-7-17-35/h1-33,49H. The molecule has 50 heavy (non-hydrogen) atoms. The molecular formula is C48H34N2. The molecule has 1 N–H and O–H groups in total. The number of hydrogen-bond donors (Lipinski definition) is 1. The quantitative estimate of drug-likeness (QED) is 0.184. The first-order valence-corrected chi connectivity index (χ1v) is 17.1. The number of para-hydroxylation sites is 2. The van der Waals surface area contributed by atoms with E-state index in [-0.39, 0.29) is 0 Å². The summed E-state index contributed by atoms with van der Waals surface area (Å²) in [5, 5.41) is 6.13. The van der Waals surface area contributed by atoms with Gasteiger partial charge in [-0.05, 0) is 99.6 Å². The zero-order valence-corrected chi connectivity index (χ0v) is 27.5. The molecule has 8 aromatic carbocycles. The Morgan fingerprint density at radius 2 is 0.860 bits per heavy atom. The predicted molar refractivity (Wildman–Crippen MR) is 212 cm³/mol. The highest BCUT2D eigenvalue weighted by Gasteiger charge is 2.15. The summed E-state index contributed by atoms with van der Waals surface area (Å²) in [5.41, 5.74) is 15.2. The summed E-state index contributed by atoms with van der Waals surface area (Å²) in [7, 11) is 0. The number of nitrogens with one attached hydrogen (secondary N) is 1. The number of anilines is 2. The molecule has 9 rings (SSSR count). The van der Waals surface area contributed by atoms with Gasteiger partial charge in [-0.3, -0.25) is 0 Å². The highest BCUT2D eigenvalue weighted by Crippen LogP contribution is 2.39. The summed E-state index contributed by atoms with van der Waals surface area (Å²) >= 11 is 0. The third-order valence-electron chi connectivity index (χ3n) is 9.57. The van der Waals surface area contributed by atoms with Gasteiger partial charge in [-0.1, -0.05) is 140 Å². The van der Waals surface area contributed by atoms with Crippen LogP contribution in [0.25, 0.3) is 72.0 Å². The van der Waals surface area contributed by atoms with Crippen molar-refractivity contribution in [3.05, 3.63) is 200 Å². The van der Waals surface area contributed by atoms with Crippen LogP contribution in [0.3, 0.4) is 0 Å². The minimum absolute atomic E-state index is 1.07. The van der Waals surface area contributed by atoms with Crippen LogP contribution >= 0.6 is 0 Å². The lowest BCUT2D eigenvalue weighted by Crippen LogP contribution is -1.95. The van der Waals surface area contributed by atoms with Gasteiger partial charge in [0, 0.05) is 33.4 Å². The molecule has 1 heterocycles. The minimum atomic E-state index is 1.07. The normalized spacial score (nSPS) is 11.2. The Hall–Kier alpha value is -6.64. The average molecular weight is 639 g/mol. The first-order chi connectivity index (χ1) is 24.8. The lowest BCUT2D eigenvalue weighted by Gasteiger charge is -2.15. The molecule has 0 atom stereocenters. The van der Waals surface area contributed by atoms with Gasteiger partial charge in [0.05, 0.1) is 11.0 Å². The molecule has 0 amide bonds. The molecule has 0 spiro atoms. The van der Waals surface area contributed by atoms with Crippen molar-refractivity contribution in [2.75, 3.05) is 5.32 Å². The van der Waals surface area contributed by atoms with Gasteiger partial charge in [0.15, 0.2) is 0 Å². The summed E-state index contributed by atoms with van der Waals surface area (Å²) in [6.45, 7) is 0. The molecule has 0 fully saturated rings. The third-order valence-corrected chi connectivity index (χ3v) is 9.57. The van der Waals surface area contributed by atoms with Crippen molar-refractivity contribution in [1.29, 1.82) is 0 Å². The van der Waals surface area contributed by atoms with E-state index in [9.17, 15) is 0 Å². The Labute approximate surface area is 292 Å². The molecule has 0 radical (unpaired) electrons. The van der Waals surface area contributed by atoms with Crippen molar-refractivity contribution in [3.63, 3.8) is 0 Å². The topological polar surface area (TPSA) is 17.0 Å². The monoisotopic (exact) mass is 638 g/mol. The van der Waals surface area contributed by atoms with Crippen LogP contribution in [0.1, 0.15) is 0 Å². The fourth-order valence-corrected chi connectivity index (χ4v) is 7.13. The zero-order valence-electron chi connectivity index (χ0n) is 27.5. The molecule has 0 bridgehead atoms. The smallest absolute Gasteiger partial charge is 0.0541 e. The van der Waals surface area contributed by atoms with E-state index in [1.807, 2.05) is 6.07 Å². The SMILES string of the molecule is c1ccc(Nc2ccc(-c3ccc4c(c3)c3ccccc3n4-c3cccc(-c4cccc(-c5ccccc5)c4)c3)cc2-c2ccccc2)cc1. The summed E-state index contributed by atoms with van der Waals surface area (Å²) < 4.78 is 2.40. The van der Waals surface area contributed by atoms with Crippen molar-refractivity contribution in [3.8, 4) is 50.2 Å². The Bertz CT molecular complexity index is 2600. The fraction of sp³-hybridized carbons (Fsp3) is 0. The summed E-state index contributed by atoms with van der Waals surface area (Å²) in [6, 6.07) is 71.7. The number of rotatable bonds is 7. The van der Waals surface area contributed by atoms with Gasteiger partial charge < -0.3 is 9.88 Å². The van der Waals surface area contributed by atoms with E-state index < -0.39 is 0 Å². The molecule has 0 saturated heterocycles. The number of hydrogen-bond acceptors (Lipinski definition) is 1. The van der Waals surface area contributed by atoms with Crippen molar-refractivity contribution in [2.24, 2.45) is 0 Å².